The van der Waals surface area contributed by atoms with E-state index < -0.39 is 24.7 Å². The molecule has 0 atom stereocenters. The molecule has 1 aromatic carbocycles. The zero-order valence-electron chi connectivity index (χ0n) is 9.96. The predicted molar refractivity (Wildman–Crippen MR) is 66.4 cm³/mol. The van der Waals surface area contributed by atoms with Crippen molar-refractivity contribution in [3.63, 3.8) is 0 Å². The number of carbonyl (C=O) groups excluding carboxylic acids is 1. The summed E-state index contributed by atoms with van der Waals surface area (Å²) in [6.45, 7) is 1.87. The van der Waals surface area contributed by atoms with Gasteiger partial charge < -0.3 is 4.90 Å². The molecule has 1 amide bonds. The average molecular weight is 324 g/mol. The first-order valence-electron chi connectivity index (χ1n) is 5.34. The first-order valence-corrected chi connectivity index (χ1v) is 6.14. The van der Waals surface area contributed by atoms with Crippen LogP contribution in [0.3, 0.4) is 0 Å². The Kier molecular flexibility index (Phi) is 4.78. The number of rotatable bonds is 3. The highest BCUT2D eigenvalue weighted by molar-refractivity contribution is 9.10. The van der Waals surface area contributed by atoms with Gasteiger partial charge in [0.2, 0.25) is 0 Å². The molecule has 0 radical (unpaired) electrons. The van der Waals surface area contributed by atoms with Gasteiger partial charge in [-0.15, -0.1) is 0 Å². The lowest BCUT2D eigenvalue weighted by atomic mass is 10.1. The molecule has 0 aliphatic rings. The first kappa shape index (κ1) is 15.0. The Morgan fingerprint density at radius 1 is 1.33 bits per heavy atom. The van der Waals surface area contributed by atoms with E-state index >= 15 is 0 Å². The third-order valence-corrected chi connectivity index (χ3v) is 3.03. The van der Waals surface area contributed by atoms with E-state index in [0.29, 0.717) is 4.47 Å². The Hall–Kier alpha value is -1.04. The van der Waals surface area contributed by atoms with Crippen LogP contribution in [-0.4, -0.2) is 29.6 Å². The van der Waals surface area contributed by atoms with E-state index in [4.69, 9.17) is 0 Å². The van der Waals surface area contributed by atoms with Crippen molar-refractivity contribution in [2.24, 2.45) is 0 Å². The molecular weight excluding hydrogens is 311 g/mol. The standard InChI is InChI=1S/C12H13BrF3NO/c1-8(2)17(7-12(14,15)16)11(18)9-5-3-4-6-10(9)13/h3-6,8H,7H2,1-2H3. The minimum Gasteiger partial charge on any atom is -0.327 e. The van der Waals surface area contributed by atoms with E-state index in [1.807, 2.05) is 0 Å². The van der Waals surface area contributed by atoms with Crippen molar-refractivity contribution in [2.45, 2.75) is 26.1 Å². The molecule has 6 heteroatoms. The zero-order valence-corrected chi connectivity index (χ0v) is 11.5. The largest absolute Gasteiger partial charge is 0.406 e. The van der Waals surface area contributed by atoms with E-state index in [9.17, 15) is 18.0 Å². The molecule has 1 aromatic rings. The van der Waals surface area contributed by atoms with Crippen molar-refractivity contribution in [2.75, 3.05) is 6.54 Å². The molecule has 0 bridgehead atoms. The molecule has 0 spiro atoms. The number of hydrogen-bond acceptors (Lipinski definition) is 1. The summed E-state index contributed by atoms with van der Waals surface area (Å²) in [7, 11) is 0. The molecule has 0 fully saturated rings. The van der Waals surface area contributed by atoms with Gasteiger partial charge in [0.05, 0.1) is 5.56 Å². The molecule has 0 unspecified atom stereocenters. The van der Waals surface area contributed by atoms with Crippen LogP contribution in [-0.2, 0) is 0 Å². The van der Waals surface area contributed by atoms with Crippen LogP contribution in [0.25, 0.3) is 0 Å². The Balaban J connectivity index is 3.01. The molecule has 0 aromatic heterocycles. The summed E-state index contributed by atoms with van der Waals surface area (Å²) in [6.07, 6.45) is -4.40. The first-order chi connectivity index (χ1) is 8.22. The quantitative estimate of drug-likeness (QED) is 0.827. The summed E-state index contributed by atoms with van der Waals surface area (Å²) >= 11 is 3.17. The fraction of sp³-hybridized carbons (Fsp3) is 0.417. The Morgan fingerprint density at radius 2 is 1.89 bits per heavy atom. The van der Waals surface area contributed by atoms with Crippen molar-refractivity contribution >= 4 is 21.8 Å². The van der Waals surface area contributed by atoms with Crippen LogP contribution >= 0.6 is 15.9 Å². The third-order valence-electron chi connectivity index (χ3n) is 2.34. The lowest BCUT2D eigenvalue weighted by Crippen LogP contribution is -2.43. The summed E-state index contributed by atoms with van der Waals surface area (Å²) in [5, 5.41) is 0. The summed E-state index contributed by atoms with van der Waals surface area (Å²) in [5.74, 6) is -0.630. The molecular formula is C12H13BrF3NO. The third kappa shape index (κ3) is 4.01. The van der Waals surface area contributed by atoms with Crippen LogP contribution in [0.2, 0.25) is 0 Å². The monoisotopic (exact) mass is 323 g/mol. The van der Waals surface area contributed by atoms with Gasteiger partial charge in [-0.1, -0.05) is 12.1 Å². The molecule has 0 N–H and O–H groups in total. The van der Waals surface area contributed by atoms with Crippen LogP contribution in [0.1, 0.15) is 24.2 Å². The van der Waals surface area contributed by atoms with Crippen LogP contribution in [0.4, 0.5) is 13.2 Å². The molecule has 0 saturated heterocycles. The number of carbonyl (C=O) groups is 1. The fourth-order valence-electron chi connectivity index (χ4n) is 1.47. The lowest BCUT2D eigenvalue weighted by molar-refractivity contribution is -0.143. The summed E-state index contributed by atoms with van der Waals surface area (Å²) < 4.78 is 37.8. The minimum atomic E-state index is -4.40. The molecule has 0 heterocycles. The second-order valence-corrected chi connectivity index (χ2v) is 4.98. The van der Waals surface area contributed by atoms with Crippen molar-refractivity contribution < 1.29 is 18.0 Å². The van der Waals surface area contributed by atoms with Crippen molar-refractivity contribution in [3.8, 4) is 0 Å². The Labute approximate surface area is 112 Å². The smallest absolute Gasteiger partial charge is 0.327 e. The highest BCUT2D eigenvalue weighted by Crippen LogP contribution is 2.23. The van der Waals surface area contributed by atoms with Crippen LogP contribution in [0.15, 0.2) is 28.7 Å². The summed E-state index contributed by atoms with van der Waals surface area (Å²) in [5.41, 5.74) is 0.232. The van der Waals surface area contributed by atoms with Crippen LogP contribution in [0, 0.1) is 0 Å². The van der Waals surface area contributed by atoms with Gasteiger partial charge in [0, 0.05) is 10.5 Å². The normalized spacial score (nSPS) is 11.7. The number of amides is 1. The van der Waals surface area contributed by atoms with Crippen molar-refractivity contribution in [1.29, 1.82) is 0 Å². The maximum atomic E-state index is 12.4. The van der Waals surface area contributed by atoms with E-state index in [1.165, 1.54) is 6.07 Å². The molecule has 2 nitrogen and oxygen atoms in total. The molecule has 0 aliphatic heterocycles. The number of halogens is 4. The highest BCUT2D eigenvalue weighted by Gasteiger charge is 2.34. The van der Waals surface area contributed by atoms with E-state index in [2.05, 4.69) is 15.9 Å². The van der Waals surface area contributed by atoms with E-state index in [1.54, 1.807) is 32.0 Å². The highest BCUT2D eigenvalue weighted by atomic mass is 79.9. The van der Waals surface area contributed by atoms with Gasteiger partial charge in [0.1, 0.15) is 6.54 Å². The Bertz CT molecular complexity index is 432. The van der Waals surface area contributed by atoms with Gasteiger partial charge in [-0.2, -0.15) is 13.2 Å². The minimum absolute atomic E-state index is 0.232. The maximum absolute atomic E-state index is 12.4. The van der Waals surface area contributed by atoms with Crippen LogP contribution < -0.4 is 0 Å². The Morgan fingerprint density at radius 3 is 2.33 bits per heavy atom. The van der Waals surface area contributed by atoms with Gasteiger partial charge in [-0.25, -0.2) is 0 Å². The number of alkyl halides is 3. The fourth-order valence-corrected chi connectivity index (χ4v) is 1.93. The second-order valence-electron chi connectivity index (χ2n) is 4.12. The van der Waals surface area contributed by atoms with Gasteiger partial charge >= 0.3 is 6.18 Å². The summed E-state index contributed by atoms with van der Waals surface area (Å²) in [6, 6.07) is 5.91. The van der Waals surface area contributed by atoms with Crippen molar-refractivity contribution in [1.82, 2.24) is 4.90 Å². The summed E-state index contributed by atoms with van der Waals surface area (Å²) in [4.78, 5) is 12.9. The predicted octanol–water partition coefficient (Wildman–Crippen LogP) is 3.86. The van der Waals surface area contributed by atoms with Gasteiger partial charge in [0.25, 0.3) is 5.91 Å². The molecule has 0 saturated carbocycles. The second kappa shape index (κ2) is 5.73. The number of benzene rings is 1. The van der Waals surface area contributed by atoms with Crippen LogP contribution in [0.5, 0.6) is 0 Å². The molecule has 1 rings (SSSR count). The zero-order chi connectivity index (χ0) is 13.9. The van der Waals surface area contributed by atoms with Gasteiger partial charge in [0.15, 0.2) is 0 Å². The topological polar surface area (TPSA) is 20.3 Å². The van der Waals surface area contributed by atoms with Gasteiger partial charge in [-0.05, 0) is 41.9 Å². The maximum Gasteiger partial charge on any atom is 0.406 e. The van der Waals surface area contributed by atoms with E-state index in [-0.39, 0.29) is 5.56 Å². The van der Waals surface area contributed by atoms with Gasteiger partial charge in [-0.3, -0.25) is 4.79 Å². The number of hydrogen-bond donors (Lipinski definition) is 0. The average Bonchev–Trinajstić information content (AvgIpc) is 2.24. The molecule has 100 valence electrons. The molecule has 18 heavy (non-hydrogen) atoms. The van der Waals surface area contributed by atoms with Crippen molar-refractivity contribution in [3.05, 3.63) is 34.3 Å². The van der Waals surface area contributed by atoms with E-state index in [0.717, 1.165) is 4.90 Å². The molecule has 0 aliphatic carbocycles. The SMILES string of the molecule is CC(C)N(CC(F)(F)F)C(=O)c1ccccc1Br. The lowest BCUT2D eigenvalue weighted by Gasteiger charge is -2.28. The number of nitrogens with zero attached hydrogens (tertiary/aromatic N) is 1.